The standard InChI is InChI=1S/C17H17BrO3/c1-20-15-8-7-12(18)10-14(15)16(19)13-6-2-4-11-5-3-9-21-17(11)13/h2,4,6-8,10,16,19H,3,5,9H2,1H3. The minimum absolute atomic E-state index is 0.666. The maximum atomic E-state index is 10.8. The molecule has 21 heavy (non-hydrogen) atoms. The normalized spacial score (nSPS) is 15.0. The van der Waals surface area contributed by atoms with E-state index in [1.807, 2.05) is 30.3 Å². The summed E-state index contributed by atoms with van der Waals surface area (Å²) in [4.78, 5) is 0. The molecular formula is C17H17BrO3. The Labute approximate surface area is 132 Å². The maximum absolute atomic E-state index is 10.8. The summed E-state index contributed by atoms with van der Waals surface area (Å²) in [6.07, 6.45) is 1.24. The van der Waals surface area contributed by atoms with E-state index in [0.29, 0.717) is 12.4 Å². The van der Waals surface area contributed by atoms with Crippen LogP contribution >= 0.6 is 15.9 Å². The second-order valence-corrected chi connectivity index (χ2v) is 5.99. The van der Waals surface area contributed by atoms with Crippen LogP contribution in [0.2, 0.25) is 0 Å². The van der Waals surface area contributed by atoms with Crippen LogP contribution in [0.25, 0.3) is 0 Å². The molecule has 1 unspecified atom stereocenters. The lowest BCUT2D eigenvalue weighted by atomic mass is 9.95. The molecule has 3 rings (SSSR count). The summed E-state index contributed by atoms with van der Waals surface area (Å²) < 4.78 is 12.1. The van der Waals surface area contributed by atoms with E-state index >= 15 is 0 Å². The van der Waals surface area contributed by atoms with Crippen molar-refractivity contribution in [2.45, 2.75) is 18.9 Å². The molecule has 0 aromatic heterocycles. The van der Waals surface area contributed by atoms with Crippen LogP contribution in [-0.2, 0) is 6.42 Å². The lowest BCUT2D eigenvalue weighted by Gasteiger charge is -2.23. The number of rotatable bonds is 3. The van der Waals surface area contributed by atoms with Gasteiger partial charge in [0.1, 0.15) is 17.6 Å². The quantitative estimate of drug-likeness (QED) is 0.915. The van der Waals surface area contributed by atoms with E-state index < -0.39 is 6.10 Å². The minimum Gasteiger partial charge on any atom is -0.496 e. The van der Waals surface area contributed by atoms with Gasteiger partial charge in [0.05, 0.1) is 13.7 Å². The largest absolute Gasteiger partial charge is 0.496 e. The van der Waals surface area contributed by atoms with Crippen molar-refractivity contribution in [2.75, 3.05) is 13.7 Å². The molecule has 0 spiro atoms. The van der Waals surface area contributed by atoms with Gasteiger partial charge in [-0.1, -0.05) is 34.1 Å². The van der Waals surface area contributed by atoms with E-state index in [1.165, 1.54) is 0 Å². The monoisotopic (exact) mass is 348 g/mol. The topological polar surface area (TPSA) is 38.7 Å². The van der Waals surface area contributed by atoms with E-state index in [9.17, 15) is 5.11 Å². The summed E-state index contributed by atoms with van der Waals surface area (Å²) >= 11 is 3.44. The van der Waals surface area contributed by atoms with Gasteiger partial charge >= 0.3 is 0 Å². The molecule has 0 amide bonds. The van der Waals surface area contributed by atoms with Crippen LogP contribution in [0, 0.1) is 0 Å². The molecular weight excluding hydrogens is 332 g/mol. The Balaban J connectivity index is 2.07. The van der Waals surface area contributed by atoms with Crippen LogP contribution in [0.3, 0.4) is 0 Å². The summed E-state index contributed by atoms with van der Waals surface area (Å²) in [5.41, 5.74) is 2.69. The Morgan fingerprint density at radius 2 is 2.10 bits per heavy atom. The molecule has 0 bridgehead atoms. The molecule has 1 aliphatic rings. The highest BCUT2D eigenvalue weighted by Crippen LogP contribution is 2.39. The van der Waals surface area contributed by atoms with Gasteiger partial charge < -0.3 is 14.6 Å². The van der Waals surface area contributed by atoms with Crippen molar-refractivity contribution < 1.29 is 14.6 Å². The molecule has 3 nitrogen and oxygen atoms in total. The van der Waals surface area contributed by atoms with E-state index in [2.05, 4.69) is 22.0 Å². The van der Waals surface area contributed by atoms with Crippen molar-refractivity contribution in [1.29, 1.82) is 0 Å². The van der Waals surface area contributed by atoms with Gasteiger partial charge in [0.25, 0.3) is 0 Å². The third kappa shape index (κ3) is 2.78. The fraction of sp³-hybridized carbons (Fsp3) is 0.294. The second kappa shape index (κ2) is 6.08. The fourth-order valence-corrected chi connectivity index (χ4v) is 3.09. The Kier molecular flexibility index (Phi) is 4.17. The van der Waals surface area contributed by atoms with Crippen LogP contribution < -0.4 is 9.47 Å². The molecule has 0 saturated heterocycles. The molecule has 2 aromatic carbocycles. The summed E-state index contributed by atoms with van der Waals surface area (Å²) in [6, 6.07) is 11.6. The van der Waals surface area contributed by atoms with E-state index in [0.717, 1.165) is 39.8 Å². The number of methoxy groups -OCH3 is 1. The van der Waals surface area contributed by atoms with Gasteiger partial charge in [0, 0.05) is 15.6 Å². The van der Waals surface area contributed by atoms with Crippen LogP contribution in [0.5, 0.6) is 11.5 Å². The van der Waals surface area contributed by atoms with Crippen molar-refractivity contribution in [3.8, 4) is 11.5 Å². The summed E-state index contributed by atoms with van der Waals surface area (Å²) in [6.45, 7) is 0.701. The maximum Gasteiger partial charge on any atom is 0.128 e. The molecule has 4 heteroatoms. The molecule has 1 N–H and O–H groups in total. The van der Waals surface area contributed by atoms with Crippen LogP contribution in [0.1, 0.15) is 29.2 Å². The van der Waals surface area contributed by atoms with Gasteiger partial charge in [-0.2, -0.15) is 0 Å². The van der Waals surface area contributed by atoms with Gasteiger partial charge in [-0.15, -0.1) is 0 Å². The number of aryl methyl sites for hydroxylation is 1. The highest BCUT2D eigenvalue weighted by Gasteiger charge is 2.23. The first kappa shape index (κ1) is 14.4. The van der Waals surface area contributed by atoms with Gasteiger partial charge in [-0.25, -0.2) is 0 Å². The van der Waals surface area contributed by atoms with Gasteiger partial charge in [-0.05, 0) is 36.6 Å². The first-order valence-electron chi connectivity index (χ1n) is 6.97. The number of aliphatic hydroxyl groups excluding tert-OH is 1. The SMILES string of the molecule is COc1ccc(Br)cc1C(O)c1cccc2c1OCCC2. The van der Waals surface area contributed by atoms with E-state index in [-0.39, 0.29) is 0 Å². The first-order valence-corrected chi connectivity index (χ1v) is 7.76. The minimum atomic E-state index is -0.773. The third-order valence-electron chi connectivity index (χ3n) is 3.74. The van der Waals surface area contributed by atoms with Gasteiger partial charge in [0.15, 0.2) is 0 Å². The molecule has 1 aliphatic heterocycles. The number of halogens is 1. The lowest BCUT2D eigenvalue weighted by molar-refractivity contribution is 0.202. The molecule has 1 atom stereocenters. The van der Waals surface area contributed by atoms with E-state index in [4.69, 9.17) is 9.47 Å². The average molecular weight is 349 g/mol. The van der Waals surface area contributed by atoms with Crippen molar-refractivity contribution >= 4 is 15.9 Å². The average Bonchev–Trinajstić information content (AvgIpc) is 2.53. The summed E-state index contributed by atoms with van der Waals surface area (Å²) in [5.74, 6) is 1.48. The smallest absolute Gasteiger partial charge is 0.128 e. The van der Waals surface area contributed by atoms with Crippen molar-refractivity contribution in [1.82, 2.24) is 0 Å². The molecule has 2 aromatic rings. The van der Waals surface area contributed by atoms with E-state index in [1.54, 1.807) is 7.11 Å². The summed E-state index contributed by atoms with van der Waals surface area (Å²) in [5, 5.41) is 10.8. The fourth-order valence-electron chi connectivity index (χ4n) is 2.72. The highest BCUT2D eigenvalue weighted by atomic mass is 79.9. The lowest BCUT2D eigenvalue weighted by Crippen LogP contribution is -2.13. The zero-order valence-corrected chi connectivity index (χ0v) is 13.4. The highest BCUT2D eigenvalue weighted by molar-refractivity contribution is 9.10. The van der Waals surface area contributed by atoms with Crippen LogP contribution in [0.15, 0.2) is 40.9 Å². The number of aliphatic hydroxyl groups is 1. The Morgan fingerprint density at radius 1 is 1.24 bits per heavy atom. The van der Waals surface area contributed by atoms with Crippen LogP contribution in [-0.4, -0.2) is 18.8 Å². The molecule has 0 saturated carbocycles. The zero-order valence-electron chi connectivity index (χ0n) is 11.8. The van der Waals surface area contributed by atoms with Gasteiger partial charge in [-0.3, -0.25) is 0 Å². The summed E-state index contributed by atoms with van der Waals surface area (Å²) in [7, 11) is 1.61. The molecule has 1 heterocycles. The Morgan fingerprint density at radius 3 is 2.90 bits per heavy atom. The molecule has 110 valence electrons. The van der Waals surface area contributed by atoms with Crippen molar-refractivity contribution in [3.05, 3.63) is 57.6 Å². The first-order chi connectivity index (χ1) is 10.2. The third-order valence-corrected chi connectivity index (χ3v) is 4.24. The number of benzene rings is 2. The van der Waals surface area contributed by atoms with Gasteiger partial charge in [0.2, 0.25) is 0 Å². The zero-order chi connectivity index (χ0) is 14.8. The molecule has 0 radical (unpaired) electrons. The van der Waals surface area contributed by atoms with Crippen molar-refractivity contribution in [3.63, 3.8) is 0 Å². The predicted molar refractivity (Wildman–Crippen MR) is 85.0 cm³/mol. The molecule has 0 aliphatic carbocycles. The molecule has 0 fully saturated rings. The number of hydrogen-bond acceptors (Lipinski definition) is 3. The van der Waals surface area contributed by atoms with Crippen molar-refractivity contribution in [2.24, 2.45) is 0 Å². The number of hydrogen-bond donors (Lipinski definition) is 1. The number of ether oxygens (including phenoxy) is 2. The number of para-hydroxylation sites is 1. The number of fused-ring (bicyclic) bond motifs is 1. The predicted octanol–water partition coefficient (Wildman–Crippen LogP) is 3.86. The Hall–Kier alpha value is -1.52. The Bertz CT molecular complexity index is 654. The van der Waals surface area contributed by atoms with Crippen LogP contribution in [0.4, 0.5) is 0 Å². The second-order valence-electron chi connectivity index (χ2n) is 5.08.